The van der Waals surface area contributed by atoms with Gasteiger partial charge in [-0.2, -0.15) is 0 Å². The fourth-order valence-corrected chi connectivity index (χ4v) is 4.76. The van der Waals surface area contributed by atoms with Crippen LogP contribution in [0.3, 0.4) is 0 Å². The molecule has 2 aromatic carbocycles. The molecule has 2 aromatic rings. The van der Waals surface area contributed by atoms with Crippen LogP contribution in [0.5, 0.6) is 5.75 Å². The molecule has 1 aliphatic heterocycles. The Kier molecular flexibility index (Phi) is 5.68. The molecule has 3 rings (SSSR count). The van der Waals surface area contributed by atoms with Crippen LogP contribution in [-0.4, -0.2) is 30.2 Å². The molecular formula is C21H24BrNO2S. The van der Waals surface area contributed by atoms with Crippen molar-refractivity contribution in [1.29, 1.82) is 0 Å². The zero-order valence-corrected chi connectivity index (χ0v) is 18.0. The molecule has 0 bridgehead atoms. The largest absolute Gasteiger partial charge is 0.496 e. The van der Waals surface area contributed by atoms with Crippen LogP contribution in [0.4, 0.5) is 0 Å². The quantitative estimate of drug-likeness (QED) is 0.626. The van der Waals surface area contributed by atoms with Gasteiger partial charge in [-0.25, -0.2) is 0 Å². The Bertz CT molecular complexity index is 799. The van der Waals surface area contributed by atoms with Gasteiger partial charge in [0.25, 0.3) is 5.91 Å². The Balaban J connectivity index is 1.88. The number of carbonyl (C=O) groups is 1. The smallest absolute Gasteiger partial charge is 0.255 e. The van der Waals surface area contributed by atoms with E-state index in [0.717, 1.165) is 33.6 Å². The third-order valence-electron chi connectivity index (χ3n) is 4.61. The number of amides is 1. The SMILES string of the molecule is COc1ccc(Br)cc1C1SCCN1C(=O)c1ccc(C(C)(C)C)cc1. The van der Waals surface area contributed by atoms with E-state index in [1.165, 1.54) is 5.56 Å². The van der Waals surface area contributed by atoms with E-state index >= 15 is 0 Å². The summed E-state index contributed by atoms with van der Waals surface area (Å²) in [4.78, 5) is 15.1. The van der Waals surface area contributed by atoms with Crippen LogP contribution in [-0.2, 0) is 5.41 Å². The van der Waals surface area contributed by atoms with Crippen LogP contribution in [0.15, 0.2) is 46.9 Å². The predicted octanol–water partition coefficient (Wildman–Crippen LogP) is 5.64. The normalized spacial score (nSPS) is 17.4. The number of ether oxygens (including phenoxy) is 1. The molecule has 0 N–H and O–H groups in total. The zero-order valence-electron chi connectivity index (χ0n) is 15.6. The number of rotatable bonds is 3. The van der Waals surface area contributed by atoms with E-state index in [0.29, 0.717) is 0 Å². The van der Waals surface area contributed by atoms with Gasteiger partial charge in [-0.05, 0) is 41.3 Å². The van der Waals surface area contributed by atoms with E-state index in [1.54, 1.807) is 18.9 Å². The van der Waals surface area contributed by atoms with Crippen molar-refractivity contribution in [2.24, 2.45) is 0 Å². The lowest BCUT2D eigenvalue weighted by atomic mass is 9.86. The third kappa shape index (κ3) is 3.94. The first-order chi connectivity index (χ1) is 12.3. The maximum absolute atomic E-state index is 13.1. The van der Waals surface area contributed by atoms with Gasteiger partial charge in [0.1, 0.15) is 11.1 Å². The number of carbonyl (C=O) groups excluding carboxylic acids is 1. The summed E-state index contributed by atoms with van der Waals surface area (Å²) < 4.78 is 6.52. The van der Waals surface area contributed by atoms with Crippen LogP contribution in [0.1, 0.15) is 47.6 Å². The number of methoxy groups -OCH3 is 1. The highest BCUT2D eigenvalue weighted by Crippen LogP contribution is 2.43. The van der Waals surface area contributed by atoms with Crippen molar-refractivity contribution in [2.75, 3.05) is 19.4 Å². The molecule has 1 fully saturated rings. The molecule has 3 nitrogen and oxygen atoms in total. The summed E-state index contributed by atoms with van der Waals surface area (Å²) in [7, 11) is 1.67. The van der Waals surface area contributed by atoms with Crippen LogP contribution in [0.25, 0.3) is 0 Å². The second kappa shape index (κ2) is 7.65. The van der Waals surface area contributed by atoms with Gasteiger partial charge in [-0.1, -0.05) is 48.8 Å². The molecule has 5 heteroatoms. The lowest BCUT2D eigenvalue weighted by molar-refractivity contribution is 0.0759. The lowest BCUT2D eigenvalue weighted by Crippen LogP contribution is -2.30. The zero-order chi connectivity index (χ0) is 18.9. The van der Waals surface area contributed by atoms with E-state index in [9.17, 15) is 4.79 Å². The van der Waals surface area contributed by atoms with E-state index in [1.807, 2.05) is 35.2 Å². The average Bonchev–Trinajstić information content (AvgIpc) is 3.10. The maximum atomic E-state index is 13.1. The maximum Gasteiger partial charge on any atom is 0.255 e. The van der Waals surface area contributed by atoms with Crippen molar-refractivity contribution >= 4 is 33.6 Å². The van der Waals surface area contributed by atoms with Gasteiger partial charge in [0.05, 0.1) is 7.11 Å². The number of hydrogen-bond acceptors (Lipinski definition) is 3. The molecule has 0 aliphatic carbocycles. The van der Waals surface area contributed by atoms with Crippen LogP contribution in [0, 0.1) is 0 Å². The number of hydrogen-bond donors (Lipinski definition) is 0. The van der Waals surface area contributed by atoms with Crippen LogP contribution < -0.4 is 4.74 Å². The molecule has 1 amide bonds. The minimum atomic E-state index is -0.0303. The molecule has 0 radical (unpaired) electrons. The van der Waals surface area contributed by atoms with E-state index in [4.69, 9.17) is 4.74 Å². The minimum Gasteiger partial charge on any atom is -0.496 e. The molecule has 138 valence electrons. The Hall–Kier alpha value is -1.46. The first-order valence-electron chi connectivity index (χ1n) is 8.68. The number of benzene rings is 2. The molecule has 26 heavy (non-hydrogen) atoms. The number of thioether (sulfide) groups is 1. The Morgan fingerprint density at radius 3 is 2.50 bits per heavy atom. The van der Waals surface area contributed by atoms with Crippen LogP contribution >= 0.6 is 27.7 Å². The average molecular weight is 434 g/mol. The monoisotopic (exact) mass is 433 g/mol. The van der Waals surface area contributed by atoms with Gasteiger partial charge >= 0.3 is 0 Å². The molecule has 0 saturated carbocycles. The third-order valence-corrected chi connectivity index (χ3v) is 6.34. The predicted molar refractivity (Wildman–Crippen MR) is 112 cm³/mol. The van der Waals surface area contributed by atoms with Crippen molar-refractivity contribution in [3.05, 3.63) is 63.6 Å². The summed E-state index contributed by atoms with van der Waals surface area (Å²) in [5, 5.41) is -0.0303. The van der Waals surface area contributed by atoms with E-state index < -0.39 is 0 Å². The summed E-state index contributed by atoms with van der Waals surface area (Å²) in [6, 6.07) is 14.0. The van der Waals surface area contributed by atoms with Gasteiger partial charge < -0.3 is 9.64 Å². The highest BCUT2D eigenvalue weighted by Gasteiger charge is 2.33. The first kappa shape index (κ1) is 19.3. The molecule has 1 aliphatic rings. The summed E-state index contributed by atoms with van der Waals surface area (Å²) in [6.45, 7) is 7.27. The van der Waals surface area contributed by atoms with Crippen molar-refractivity contribution in [3.8, 4) is 5.75 Å². The number of halogens is 1. The molecular weight excluding hydrogens is 410 g/mol. The Morgan fingerprint density at radius 2 is 1.88 bits per heavy atom. The minimum absolute atomic E-state index is 0.0303. The summed E-state index contributed by atoms with van der Waals surface area (Å²) >= 11 is 5.31. The van der Waals surface area contributed by atoms with Crippen molar-refractivity contribution in [2.45, 2.75) is 31.6 Å². The summed E-state index contributed by atoms with van der Waals surface area (Å²) in [5.41, 5.74) is 3.08. The topological polar surface area (TPSA) is 29.5 Å². The van der Waals surface area contributed by atoms with Gasteiger partial charge in [-0.15, -0.1) is 11.8 Å². The summed E-state index contributed by atoms with van der Waals surface area (Å²) in [5.74, 6) is 1.81. The van der Waals surface area contributed by atoms with Crippen molar-refractivity contribution in [3.63, 3.8) is 0 Å². The van der Waals surface area contributed by atoms with E-state index in [2.05, 4.69) is 48.8 Å². The van der Waals surface area contributed by atoms with Gasteiger partial charge in [0, 0.05) is 27.9 Å². The van der Waals surface area contributed by atoms with Crippen molar-refractivity contribution in [1.82, 2.24) is 4.90 Å². The molecule has 1 atom stereocenters. The highest BCUT2D eigenvalue weighted by atomic mass is 79.9. The van der Waals surface area contributed by atoms with E-state index in [-0.39, 0.29) is 16.7 Å². The van der Waals surface area contributed by atoms with Gasteiger partial charge in [-0.3, -0.25) is 4.79 Å². The molecule has 1 heterocycles. The summed E-state index contributed by atoms with van der Waals surface area (Å²) in [6.07, 6.45) is 0. The number of nitrogens with zero attached hydrogens (tertiary/aromatic N) is 1. The Labute approximate surface area is 168 Å². The molecule has 1 saturated heterocycles. The van der Waals surface area contributed by atoms with Crippen LogP contribution in [0.2, 0.25) is 0 Å². The molecule has 0 aromatic heterocycles. The Morgan fingerprint density at radius 1 is 1.19 bits per heavy atom. The molecule has 0 spiro atoms. The highest BCUT2D eigenvalue weighted by molar-refractivity contribution is 9.10. The van der Waals surface area contributed by atoms with Gasteiger partial charge in [0.2, 0.25) is 0 Å². The fraction of sp³-hybridized carbons (Fsp3) is 0.381. The molecule has 1 unspecified atom stereocenters. The standard InChI is InChI=1S/C21H24BrNO2S/c1-21(2,3)15-7-5-14(6-8-15)19(24)23-11-12-26-20(23)17-13-16(22)9-10-18(17)25-4/h5-10,13,20H,11-12H2,1-4H3. The second-order valence-electron chi connectivity index (χ2n) is 7.44. The van der Waals surface area contributed by atoms with Crippen molar-refractivity contribution < 1.29 is 9.53 Å². The fourth-order valence-electron chi connectivity index (χ4n) is 3.11. The lowest BCUT2D eigenvalue weighted by Gasteiger charge is -2.26. The second-order valence-corrected chi connectivity index (χ2v) is 9.54. The first-order valence-corrected chi connectivity index (χ1v) is 10.5. The van der Waals surface area contributed by atoms with Gasteiger partial charge in [0.15, 0.2) is 0 Å².